The molecule has 0 unspecified atom stereocenters. The number of thiophene rings is 1. The monoisotopic (exact) mass is 459 g/mol. The quantitative estimate of drug-likeness (QED) is 0.578. The molecule has 0 amide bonds. The molecule has 1 fully saturated rings. The lowest BCUT2D eigenvalue weighted by atomic mass is 10.1. The highest BCUT2D eigenvalue weighted by molar-refractivity contribution is 7.89. The van der Waals surface area contributed by atoms with Crippen LogP contribution in [0, 0.1) is 5.82 Å². The van der Waals surface area contributed by atoms with Crippen molar-refractivity contribution in [1.82, 2.24) is 9.62 Å². The van der Waals surface area contributed by atoms with Crippen molar-refractivity contribution in [2.45, 2.75) is 23.9 Å². The van der Waals surface area contributed by atoms with Gasteiger partial charge in [-0.3, -0.25) is 4.90 Å². The van der Waals surface area contributed by atoms with Crippen molar-refractivity contribution < 1.29 is 12.8 Å². The third-order valence-corrected chi connectivity index (χ3v) is 8.12. The van der Waals surface area contributed by atoms with Crippen LogP contribution < -0.4 is 9.62 Å². The molecule has 1 aliphatic rings. The second-order valence-corrected chi connectivity index (χ2v) is 10.4. The molecule has 5 nitrogen and oxygen atoms in total. The van der Waals surface area contributed by atoms with Crippen LogP contribution in [0.1, 0.15) is 17.8 Å². The van der Waals surface area contributed by atoms with Gasteiger partial charge < -0.3 is 4.90 Å². The van der Waals surface area contributed by atoms with Crippen molar-refractivity contribution in [3.05, 3.63) is 82.8 Å². The Morgan fingerprint density at radius 2 is 1.61 bits per heavy atom. The summed E-state index contributed by atoms with van der Waals surface area (Å²) in [5.41, 5.74) is 0.618. The summed E-state index contributed by atoms with van der Waals surface area (Å²) in [7, 11) is -3.63. The zero-order valence-electron chi connectivity index (χ0n) is 17.3. The Morgan fingerprint density at radius 1 is 0.935 bits per heavy atom. The van der Waals surface area contributed by atoms with Crippen LogP contribution in [0.2, 0.25) is 0 Å². The molecule has 0 bridgehead atoms. The number of benzene rings is 2. The Morgan fingerprint density at radius 3 is 2.26 bits per heavy atom. The maximum absolute atomic E-state index is 14.2. The van der Waals surface area contributed by atoms with E-state index in [2.05, 4.69) is 14.5 Å². The summed E-state index contributed by atoms with van der Waals surface area (Å²) in [5.74, 6) is -0.213. The van der Waals surface area contributed by atoms with E-state index in [-0.39, 0.29) is 22.8 Å². The second kappa shape index (κ2) is 9.48. The fraction of sp³-hybridized carbons (Fsp3) is 0.304. The second-order valence-electron chi connectivity index (χ2n) is 7.66. The Kier molecular flexibility index (Phi) is 6.71. The molecule has 8 heteroatoms. The van der Waals surface area contributed by atoms with E-state index in [1.54, 1.807) is 53.8 Å². The average molecular weight is 460 g/mol. The van der Waals surface area contributed by atoms with E-state index in [4.69, 9.17) is 0 Å². The molecule has 4 rings (SSSR count). The summed E-state index contributed by atoms with van der Waals surface area (Å²) in [6.07, 6.45) is 0. The molecule has 0 spiro atoms. The van der Waals surface area contributed by atoms with Crippen molar-refractivity contribution in [3.8, 4) is 0 Å². The predicted molar refractivity (Wildman–Crippen MR) is 123 cm³/mol. The van der Waals surface area contributed by atoms with E-state index in [0.29, 0.717) is 31.9 Å². The fourth-order valence-electron chi connectivity index (χ4n) is 4.13. The number of para-hydroxylation sites is 1. The number of piperazine rings is 1. The van der Waals surface area contributed by atoms with Gasteiger partial charge in [0, 0.05) is 37.1 Å². The van der Waals surface area contributed by atoms with E-state index in [1.165, 1.54) is 6.07 Å². The van der Waals surface area contributed by atoms with E-state index >= 15 is 0 Å². The van der Waals surface area contributed by atoms with Crippen LogP contribution in [-0.4, -0.2) is 45.5 Å². The smallest absolute Gasteiger partial charge is 0.240 e. The van der Waals surface area contributed by atoms with Crippen LogP contribution in [0.15, 0.2) is 77.0 Å². The molecule has 2 heterocycles. The molecule has 1 aliphatic heterocycles. The van der Waals surface area contributed by atoms with E-state index in [9.17, 15) is 12.8 Å². The lowest BCUT2D eigenvalue weighted by Crippen LogP contribution is -2.52. The average Bonchev–Trinajstić information content (AvgIpc) is 3.29. The van der Waals surface area contributed by atoms with Crippen LogP contribution in [0.25, 0.3) is 0 Å². The largest absolute Gasteiger partial charge is 0.367 e. The fourth-order valence-corrected chi connectivity index (χ4v) is 6.36. The summed E-state index contributed by atoms with van der Waals surface area (Å²) < 4.78 is 42.9. The van der Waals surface area contributed by atoms with Crippen LogP contribution in [0.3, 0.4) is 0 Å². The summed E-state index contributed by atoms with van der Waals surface area (Å²) >= 11 is 1.62. The highest BCUT2D eigenvalue weighted by Gasteiger charge is 2.32. The van der Waals surface area contributed by atoms with Gasteiger partial charge in [0.1, 0.15) is 5.82 Å². The maximum Gasteiger partial charge on any atom is 0.240 e. The number of halogens is 1. The van der Waals surface area contributed by atoms with E-state index in [1.807, 2.05) is 30.5 Å². The Labute approximate surface area is 187 Å². The van der Waals surface area contributed by atoms with Gasteiger partial charge in [0.15, 0.2) is 0 Å². The number of anilines is 1. The molecule has 3 aromatic rings. The van der Waals surface area contributed by atoms with Crippen molar-refractivity contribution in [2.75, 3.05) is 31.1 Å². The minimum atomic E-state index is -3.63. The summed E-state index contributed by atoms with van der Waals surface area (Å²) in [6, 6.07) is 18.9. The molecule has 0 aliphatic carbocycles. The van der Waals surface area contributed by atoms with Gasteiger partial charge in [0.2, 0.25) is 10.0 Å². The van der Waals surface area contributed by atoms with Crippen LogP contribution in [-0.2, 0) is 10.0 Å². The van der Waals surface area contributed by atoms with Gasteiger partial charge in [-0.1, -0.05) is 36.4 Å². The molecule has 0 radical (unpaired) electrons. The SMILES string of the molecule is C[C@H](NS(=O)(=O)c1ccccc1)[C@@H](c1cccs1)N1CCN(c2ccccc2F)CC1. The van der Waals surface area contributed by atoms with E-state index in [0.717, 1.165) is 4.88 Å². The number of sulfonamides is 1. The third kappa shape index (κ3) is 4.98. The first-order valence-electron chi connectivity index (χ1n) is 10.3. The first kappa shape index (κ1) is 22.0. The van der Waals surface area contributed by atoms with Gasteiger partial charge in [-0.05, 0) is 42.6 Å². The molecular formula is C23H26FN3O2S2. The van der Waals surface area contributed by atoms with Crippen molar-refractivity contribution in [1.29, 1.82) is 0 Å². The van der Waals surface area contributed by atoms with Crippen LogP contribution >= 0.6 is 11.3 Å². The van der Waals surface area contributed by atoms with Gasteiger partial charge in [-0.15, -0.1) is 11.3 Å². The molecule has 1 aromatic heterocycles. The van der Waals surface area contributed by atoms with Gasteiger partial charge in [-0.25, -0.2) is 17.5 Å². The van der Waals surface area contributed by atoms with Gasteiger partial charge in [0.05, 0.1) is 16.6 Å². The standard InChI is InChI=1S/C23H26FN3O2S2/c1-18(25-31(28,29)19-8-3-2-4-9-19)23(22-12-7-17-30-22)27-15-13-26(14-16-27)21-11-6-5-10-20(21)24/h2-12,17-18,23,25H,13-16H2,1H3/t18-,23-/m0/s1. The predicted octanol–water partition coefficient (Wildman–Crippen LogP) is 4.12. The molecule has 164 valence electrons. The Bertz CT molecular complexity index is 1080. The highest BCUT2D eigenvalue weighted by Crippen LogP contribution is 2.31. The molecule has 1 saturated heterocycles. The summed E-state index contributed by atoms with van der Waals surface area (Å²) in [4.78, 5) is 5.72. The molecule has 1 N–H and O–H groups in total. The first-order chi connectivity index (χ1) is 15.0. The molecule has 2 atom stereocenters. The number of nitrogens with one attached hydrogen (secondary N) is 1. The van der Waals surface area contributed by atoms with Gasteiger partial charge in [-0.2, -0.15) is 0 Å². The van der Waals surface area contributed by atoms with Crippen LogP contribution in [0.5, 0.6) is 0 Å². The van der Waals surface area contributed by atoms with Crippen molar-refractivity contribution in [2.24, 2.45) is 0 Å². The normalized spacial score (nSPS) is 17.4. The molecular weight excluding hydrogens is 433 g/mol. The van der Waals surface area contributed by atoms with Crippen molar-refractivity contribution >= 4 is 27.0 Å². The first-order valence-corrected chi connectivity index (χ1v) is 12.7. The maximum atomic E-state index is 14.2. The Balaban J connectivity index is 1.51. The zero-order chi connectivity index (χ0) is 21.8. The van der Waals surface area contributed by atoms with Gasteiger partial charge in [0.25, 0.3) is 0 Å². The minimum Gasteiger partial charge on any atom is -0.367 e. The van der Waals surface area contributed by atoms with Gasteiger partial charge >= 0.3 is 0 Å². The van der Waals surface area contributed by atoms with E-state index < -0.39 is 10.0 Å². The minimum absolute atomic E-state index is 0.0961. The summed E-state index contributed by atoms with van der Waals surface area (Å²) in [6.45, 7) is 4.71. The number of hydrogen-bond acceptors (Lipinski definition) is 5. The third-order valence-electron chi connectivity index (χ3n) is 5.60. The number of hydrogen-bond donors (Lipinski definition) is 1. The lowest BCUT2D eigenvalue weighted by Gasteiger charge is -2.42. The Hall–Kier alpha value is -2.26. The molecule has 0 saturated carbocycles. The zero-order valence-corrected chi connectivity index (χ0v) is 18.9. The topological polar surface area (TPSA) is 52.7 Å². The molecule has 2 aromatic carbocycles. The van der Waals surface area contributed by atoms with Crippen LogP contribution in [0.4, 0.5) is 10.1 Å². The lowest BCUT2D eigenvalue weighted by molar-refractivity contribution is 0.163. The van der Waals surface area contributed by atoms with Crippen molar-refractivity contribution in [3.63, 3.8) is 0 Å². The number of nitrogens with zero attached hydrogens (tertiary/aromatic N) is 2. The number of rotatable bonds is 7. The highest BCUT2D eigenvalue weighted by atomic mass is 32.2. The molecule has 31 heavy (non-hydrogen) atoms. The summed E-state index contributed by atoms with van der Waals surface area (Å²) in [5, 5.41) is 2.01.